The molecule has 0 aliphatic heterocycles. The summed E-state index contributed by atoms with van der Waals surface area (Å²) < 4.78 is 9.98. The molecule has 0 aliphatic rings. The van der Waals surface area contributed by atoms with Crippen LogP contribution in [0.4, 0.5) is 5.69 Å². The van der Waals surface area contributed by atoms with Crippen LogP contribution >= 0.6 is 0 Å². The molecule has 0 aromatic heterocycles. The van der Waals surface area contributed by atoms with E-state index in [0.717, 1.165) is 11.1 Å². The van der Waals surface area contributed by atoms with Crippen molar-refractivity contribution in [2.24, 2.45) is 0 Å². The number of rotatable bonds is 3. The fourth-order valence-corrected chi connectivity index (χ4v) is 1.94. The second kappa shape index (κ2) is 6.22. The van der Waals surface area contributed by atoms with Gasteiger partial charge in [-0.1, -0.05) is 6.07 Å². The van der Waals surface area contributed by atoms with Crippen molar-refractivity contribution < 1.29 is 19.1 Å². The number of hydrogen-bond donors (Lipinski definition) is 0. The summed E-state index contributed by atoms with van der Waals surface area (Å²) in [4.78, 5) is 24.7. The van der Waals surface area contributed by atoms with Crippen molar-refractivity contribution in [2.45, 2.75) is 20.8 Å². The number of methoxy groups -OCH3 is 1. The molecule has 1 aromatic rings. The largest absolute Gasteiger partial charge is 0.495 e. The number of likely N-dealkylation sites (N-methyl/N-ethyl adjacent to an activating group) is 1. The maximum absolute atomic E-state index is 11.9. The number of amides is 1. The third-order valence-electron chi connectivity index (χ3n) is 2.72. The number of anilines is 1. The molecule has 0 aliphatic carbocycles. The molecule has 0 saturated carbocycles. The fourth-order valence-electron chi connectivity index (χ4n) is 1.94. The number of ether oxygens (including phenoxy) is 2. The highest BCUT2D eigenvalue weighted by molar-refractivity contribution is 6.38. The van der Waals surface area contributed by atoms with E-state index >= 15 is 0 Å². The minimum absolute atomic E-state index is 0.169. The van der Waals surface area contributed by atoms with E-state index in [2.05, 4.69) is 0 Å². The summed E-state index contributed by atoms with van der Waals surface area (Å²) in [5.41, 5.74) is 2.46. The first-order chi connectivity index (χ1) is 8.92. The van der Waals surface area contributed by atoms with Gasteiger partial charge in [-0.2, -0.15) is 0 Å². The molecule has 1 rings (SSSR count). The van der Waals surface area contributed by atoms with Crippen LogP contribution in [0.15, 0.2) is 12.1 Å². The average molecular weight is 265 g/mol. The van der Waals surface area contributed by atoms with Gasteiger partial charge in [-0.25, -0.2) is 4.79 Å². The molecule has 0 atom stereocenters. The van der Waals surface area contributed by atoms with Gasteiger partial charge in [-0.15, -0.1) is 0 Å². The van der Waals surface area contributed by atoms with E-state index in [4.69, 9.17) is 9.47 Å². The summed E-state index contributed by atoms with van der Waals surface area (Å²) >= 11 is 0. The minimum Gasteiger partial charge on any atom is -0.495 e. The lowest BCUT2D eigenvalue weighted by atomic mass is 10.1. The van der Waals surface area contributed by atoms with E-state index in [9.17, 15) is 9.59 Å². The predicted molar refractivity (Wildman–Crippen MR) is 72.5 cm³/mol. The molecule has 0 N–H and O–H groups in total. The van der Waals surface area contributed by atoms with Crippen LogP contribution in [0.25, 0.3) is 0 Å². The second-order valence-corrected chi connectivity index (χ2v) is 4.22. The van der Waals surface area contributed by atoms with Gasteiger partial charge in [0.05, 0.1) is 19.4 Å². The summed E-state index contributed by atoms with van der Waals surface area (Å²) in [5, 5.41) is 0. The molecule has 1 aromatic carbocycles. The lowest BCUT2D eigenvalue weighted by molar-refractivity contribution is -0.153. The topological polar surface area (TPSA) is 55.8 Å². The van der Waals surface area contributed by atoms with Gasteiger partial charge in [0.15, 0.2) is 0 Å². The lowest BCUT2D eigenvalue weighted by Crippen LogP contribution is -2.35. The van der Waals surface area contributed by atoms with Crippen LogP contribution in [0.5, 0.6) is 5.75 Å². The Kier molecular flexibility index (Phi) is 4.92. The van der Waals surface area contributed by atoms with Crippen molar-refractivity contribution in [3.8, 4) is 5.75 Å². The first kappa shape index (κ1) is 15.0. The van der Waals surface area contributed by atoms with Gasteiger partial charge < -0.3 is 14.4 Å². The molecule has 104 valence electrons. The zero-order chi connectivity index (χ0) is 14.6. The molecule has 0 fully saturated rings. The van der Waals surface area contributed by atoms with Gasteiger partial charge in [0, 0.05) is 7.05 Å². The summed E-state index contributed by atoms with van der Waals surface area (Å²) in [6.07, 6.45) is 0. The molecule has 0 heterocycles. The number of carbonyl (C=O) groups excluding carboxylic acids is 2. The van der Waals surface area contributed by atoms with Crippen molar-refractivity contribution in [1.29, 1.82) is 0 Å². The van der Waals surface area contributed by atoms with Crippen molar-refractivity contribution in [3.05, 3.63) is 23.3 Å². The number of nitrogens with zero attached hydrogens (tertiary/aromatic N) is 1. The molecule has 0 unspecified atom stereocenters. The Morgan fingerprint density at radius 3 is 2.42 bits per heavy atom. The van der Waals surface area contributed by atoms with Gasteiger partial charge in [0.2, 0.25) is 0 Å². The van der Waals surface area contributed by atoms with E-state index < -0.39 is 11.9 Å². The van der Waals surface area contributed by atoms with E-state index in [0.29, 0.717) is 11.4 Å². The molecule has 0 saturated heterocycles. The van der Waals surface area contributed by atoms with Crippen molar-refractivity contribution in [3.63, 3.8) is 0 Å². The smallest absolute Gasteiger partial charge is 0.397 e. The Hall–Kier alpha value is -2.04. The van der Waals surface area contributed by atoms with Crippen LogP contribution in [-0.2, 0) is 14.3 Å². The van der Waals surface area contributed by atoms with Crippen LogP contribution in [-0.4, -0.2) is 32.6 Å². The third kappa shape index (κ3) is 3.24. The Bertz CT molecular complexity index is 496. The SMILES string of the molecule is CCOC(=O)C(=O)N(C)c1c(C)cc(C)cc1OC. The van der Waals surface area contributed by atoms with Crippen LogP contribution in [0.1, 0.15) is 18.1 Å². The normalized spacial score (nSPS) is 9.95. The van der Waals surface area contributed by atoms with Gasteiger partial charge in [-0.05, 0) is 38.0 Å². The number of benzene rings is 1. The Balaban J connectivity index is 3.15. The zero-order valence-electron chi connectivity index (χ0n) is 11.9. The fraction of sp³-hybridized carbons (Fsp3) is 0.429. The van der Waals surface area contributed by atoms with Crippen LogP contribution in [0.3, 0.4) is 0 Å². The number of carbonyl (C=O) groups is 2. The minimum atomic E-state index is -0.868. The lowest BCUT2D eigenvalue weighted by Gasteiger charge is -2.21. The van der Waals surface area contributed by atoms with E-state index in [1.165, 1.54) is 19.1 Å². The van der Waals surface area contributed by atoms with Crippen molar-refractivity contribution in [2.75, 3.05) is 25.7 Å². The first-order valence-electron chi connectivity index (χ1n) is 6.02. The predicted octanol–water partition coefficient (Wildman–Crippen LogP) is 1.84. The molecule has 1 amide bonds. The van der Waals surface area contributed by atoms with Gasteiger partial charge >= 0.3 is 11.9 Å². The molecule has 5 heteroatoms. The van der Waals surface area contributed by atoms with Gasteiger partial charge in [0.25, 0.3) is 0 Å². The monoisotopic (exact) mass is 265 g/mol. The Morgan fingerprint density at radius 1 is 1.26 bits per heavy atom. The highest BCUT2D eigenvalue weighted by Crippen LogP contribution is 2.32. The zero-order valence-corrected chi connectivity index (χ0v) is 11.9. The van der Waals surface area contributed by atoms with E-state index in [-0.39, 0.29) is 6.61 Å². The van der Waals surface area contributed by atoms with Crippen LogP contribution in [0.2, 0.25) is 0 Å². The van der Waals surface area contributed by atoms with Crippen molar-refractivity contribution in [1.82, 2.24) is 0 Å². The summed E-state index contributed by atoms with van der Waals surface area (Å²) in [5.74, 6) is -1.03. The first-order valence-corrected chi connectivity index (χ1v) is 6.02. The van der Waals surface area contributed by atoms with Crippen LogP contribution in [0, 0.1) is 13.8 Å². The second-order valence-electron chi connectivity index (χ2n) is 4.22. The Morgan fingerprint density at radius 2 is 1.89 bits per heavy atom. The van der Waals surface area contributed by atoms with E-state index in [1.54, 1.807) is 6.92 Å². The molecule has 19 heavy (non-hydrogen) atoms. The Labute approximate surface area is 113 Å². The molecule has 0 spiro atoms. The van der Waals surface area contributed by atoms with Crippen molar-refractivity contribution >= 4 is 17.6 Å². The van der Waals surface area contributed by atoms with Gasteiger partial charge in [-0.3, -0.25) is 4.79 Å². The van der Waals surface area contributed by atoms with E-state index in [1.807, 2.05) is 26.0 Å². The molecular formula is C14H19NO4. The molecule has 0 radical (unpaired) electrons. The molecule has 0 bridgehead atoms. The maximum atomic E-state index is 11.9. The third-order valence-corrected chi connectivity index (χ3v) is 2.72. The summed E-state index contributed by atoms with van der Waals surface area (Å²) in [6, 6.07) is 3.74. The maximum Gasteiger partial charge on any atom is 0.397 e. The number of esters is 1. The number of hydrogen-bond acceptors (Lipinski definition) is 4. The highest BCUT2D eigenvalue weighted by atomic mass is 16.5. The van der Waals surface area contributed by atoms with Gasteiger partial charge in [0.1, 0.15) is 5.75 Å². The van der Waals surface area contributed by atoms with Crippen LogP contribution < -0.4 is 9.64 Å². The quantitative estimate of drug-likeness (QED) is 0.618. The highest BCUT2D eigenvalue weighted by Gasteiger charge is 2.24. The molecular weight excluding hydrogens is 246 g/mol. The molecule has 5 nitrogen and oxygen atoms in total. The summed E-state index contributed by atoms with van der Waals surface area (Å²) in [7, 11) is 3.06. The average Bonchev–Trinajstić information content (AvgIpc) is 2.36. The standard InChI is InChI=1S/C14H19NO4/c1-6-19-14(17)13(16)15(4)12-10(3)7-9(2)8-11(12)18-5/h7-8H,6H2,1-5H3. The summed E-state index contributed by atoms with van der Waals surface area (Å²) in [6.45, 7) is 5.62. The number of aryl methyl sites for hydroxylation is 2.